The van der Waals surface area contributed by atoms with Crippen LogP contribution in [0.25, 0.3) is 0 Å². The molecule has 0 saturated carbocycles. The minimum atomic E-state index is -2.35. The van der Waals surface area contributed by atoms with Crippen molar-refractivity contribution in [2.45, 2.75) is 38.0 Å². The minimum Gasteiger partial charge on any atom is -0.478 e. The molecule has 1 atom stereocenters. The molecule has 13 heteroatoms. The van der Waals surface area contributed by atoms with Crippen LogP contribution in [0.1, 0.15) is 39.6 Å². The fraction of sp³-hybridized carbons (Fsp3) is 0.429. The number of nitrogens with two attached hydrogens (primary N) is 1. The molecule has 0 saturated heterocycles. The molecular weight excluding hydrogens is 462 g/mol. The molecule has 2 aromatic rings. The van der Waals surface area contributed by atoms with Gasteiger partial charge in [0, 0.05) is 19.5 Å². The molecule has 0 spiro atoms. The Morgan fingerprint density at radius 3 is 2.71 bits per heavy atom. The number of guanidine groups is 1. The zero-order valence-electron chi connectivity index (χ0n) is 18.5. The molecule has 34 heavy (non-hydrogen) atoms. The summed E-state index contributed by atoms with van der Waals surface area (Å²) in [5.41, 5.74) is 4.19. The fourth-order valence-electron chi connectivity index (χ4n) is 3.04. The molecule has 1 aliphatic heterocycles. The van der Waals surface area contributed by atoms with E-state index in [1.54, 1.807) is 24.3 Å². The van der Waals surface area contributed by atoms with E-state index in [1.165, 1.54) is 0 Å². The third kappa shape index (κ3) is 7.49. The molecule has 1 aromatic heterocycles. The highest BCUT2D eigenvalue weighted by Crippen LogP contribution is 2.17. The highest BCUT2D eigenvalue weighted by atomic mass is 32.1. The third-order valence-electron chi connectivity index (χ3n) is 4.85. The number of benzene rings is 1. The predicted octanol–water partition coefficient (Wildman–Crippen LogP) is 0.648. The van der Waals surface area contributed by atoms with Crippen molar-refractivity contribution in [2.24, 2.45) is 10.7 Å². The number of carbonyl (C=O) groups is 3. The number of ketones is 1. The van der Waals surface area contributed by atoms with Crippen molar-refractivity contribution in [1.29, 1.82) is 0 Å². The Kier molecular flexibility index (Phi) is 8.87. The second kappa shape index (κ2) is 12.0. The Labute approximate surface area is 200 Å². The van der Waals surface area contributed by atoms with Crippen LogP contribution >= 0.6 is 11.3 Å². The van der Waals surface area contributed by atoms with Crippen molar-refractivity contribution in [2.75, 3.05) is 19.6 Å². The Morgan fingerprint density at radius 1 is 1.21 bits per heavy atom. The average Bonchev–Trinajstić information content (AvgIpc) is 3.50. The van der Waals surface area contributed by atoms with Gasteiger partial charge in [0.15, 0.2) is 22.4 Å². The maximum Gasteiger partial charge on any atom is 0.409 e. The molecule has 1 aromatic carbocycles. The fourth-order valence-corrected chi connectivity index (χ4v) is 3.85. The SMILES string of the molecule is NC(CC(=O)c1nnc(CCCCNC2=NCCN2)s1)(NC(=O)OCc1ccccc1)C(=O)O. The highest BCUT2D eigenvalue weighted by Gasteiger charge is 2.40. The number of amides is 1. The molecule has 0 fully saturated rings. The van der Waals surface area contributed by atoms with Gasteiger partial charge in [0.25, 0.3) is 0 Å². The standard InChI is InChI=1S/C21H27N7O5S/c22-21(18(30)31,26-20(32)33-13-14-6-2-1-3-7-14)12-15(29)17-28-27-16(34-17)8-4-5-9-23-19-24-10-11-25-19/h1-3,6-7H,4-5,8-13,22H2,(H,26,32)(H,30,31)(H2,23,24,25). The molecule has 1 aliphatic rings. The van der Waals surface area contributed by atoms with Gasteiger partial charge >= 0.3 is 12.1 Å². The summed E-state index contributed by atoms with van der Waals surface area (Å²) >= 11 is 1.08. The van der Waals surface area contributed by atoms with E-state index in [4.69, 9.17) is 10.5 Å². The largest absolute Gasteiger partial charge is 0.478 e. The number of alkyl carbamates (subject to hydrolysis) is 1. The van der Waals surface area contributed by atoms with E-state index in [0.717, 1.165) is 49.8 Å². The molecule has 3 rings (SSSR count). The first kappa shape index (κ1) is 25.1. The first-order valence-corrected chi connectivity index (χ1v) is 11.6. The molecule has 1 unspecified atom stereocenters. The molecule has 6 N–H and O–H groups in total. The topological polar surface area (TPSA) is 181 Å². The Hall–Kier alpha value is -3.58. The number of hydrogen-bond acceptors (Lipinski definition) is 11. The monoisotopic (exact) mass is 489 g/mol. The lowest BCUT2D eigenvalue weighted by molar-refractivity contribution is -0.144. The minimum absolute atomic E-state index is 0.0353. The van der Waals surface area contributed by atoms with Crippen LogP contribution in [-0.2, 0) is 22.6 Å². The van der Waals surface area contributed by atoms with E-state index in [2.05, 4.69) is 31.1 Å². The molecule has 2 heterocycles. The average molecular weight is 490 g/mol. The van der Waals surface area contributed by atoms with E-state index >= 15 is 0 Å². The summed E-state index contributed by atoms with van der Waals surface area (Å²) in [6, 6.07) is 8.85. The number of aliphatic carboxylic acids is 1. The molecule has 0 radical (unpaired) electrons. The van der Waals surface area contributed by atoms with E-state index in [-0.39, 0.29) is 11.6 Å². The molecule has 0 bridgehead atoms. The number of Topliss-reactive ketones (excluding diaryl/α,β-unsaturated/α-hetero) is 1. The Balaban J connectivity index is 1.46. The first-order valence-electron chi connectivity index (χ1n) is 10.7. The van der Waals surface area contributed by atoms with Gasteiger partial charge in [0.1, 0.15) is 11.6 Å². The number of hydrogen-bond donors (Lipinski definition) is 5. The second-order valence-electron chi connectivity index (χ2n) is 7.61. The van der Waals surface area contributed by atoms with E-state index in [0.29, 0.717) is 17.0 Å². The van der Waals surface area contributed by atoms with Gasteiger partial charge in [-0.25, -0.2) is 9.59 Å². The number of nitrogens with one attached hydrogen (secondary N) is 3. The number of carbonyl (C=O) groups excluding carboxylic acids is 2. The molecule has 0 aliphatic carbocycles. The zero-order chi connectivity index (χ0) is 24.4. The van der Waals surface area contributed by atoms with Gasteiger partial charge in [0.05, 0.1) is 13.0 Å². The number of aliphatic imine (C=N–C) groups is 1. The van der Waals surface area contributed by atoms with Gasteiger partial charge < -0.3 is 20.5 Å². The van der Waals surface area contributed by atoms with E-state index in [1.807, 2.05) is 6.07 Å². The lowest BCUT2D eigenvalue weighted by Crippen LogP contribution is -2.62. The molecular formula is C21H27N7O5S. The normalized spacial score (nSPS) is 14.4. The maximum absolute atomic E-state index is 12.6. The van der Waals surface area contributed by atoms with E-state index < -0.39 is 29.9 Å². The number of unbranched alkanes of at least 4 members (excludes halogenated alkanes) is 1. The van der Waals surface area contributed by atoms with Crippen molar-refractivity contribution >= 4 is 35.1 Å². The predicted molar refractivity (Wildman–Crippen MR) is 124 cm³/mol. The summed E-state index contributed by atoms with van der Waals surface area (Å²) in [6.45, 7) is 2.31. The van der Waals surface area contributed by atoms with Crippen LogP contribution in [0, 0.1) is 0 Å². The number of ether oxygens (including phenoxy) is 1. The second-order valence-corrected chi connectivity index (χ2v) is 8.67. The van der Waals surface area contributed by atoms with E-state index in [9.17, 15) is 19.5 Å². The Bertz CT molecular complexity index is 1030. The van der Waals surface area contributed by atoms with Gasteiger partial charge in [-0.15, -0.1) is 10.2 Å². The number of aryl methyl sites for hydroxylation is 1. The van der Waals surface area contributed by atoms with Gasteiger partial charge in [-0.3, -0.25) is 20.8 Å². The quantitative estimate of drug-likeness (QED) is 0.161. The van der Waals surface area contributed by atoms with Gasteiger partial charge in [-0.2, -0.15) is 0 Å². The van der Waals surface area contributed by atoms with Crippen LogP contribution in [0.4, 0.5) is 4.79 Å². The lowest BCUT2D eigenvalue weighted by Gasteiger charge is -2.24. The van der Waals surface area contributed by atoms with Crippen molar-refractivity contribution < 1.29 is 24.2 Å². The molecule has 12 nitrogen and oxygen atoms in total. The molecule has 182 valence electrons. The number of aromatic nitrogens is 2. The third-order valence-corrected chi connectivity index (χ3v) is 5.87. The summed E-state index contributed by atoms with van der Waals surface area (Å²) in [5.74, 6) is -1.40. The number of rotatable bonds is 12. The smallest absolute Gasteiger partial charge is 0.409 e. The summed E-state index contributed by atoms with van der Waals surface area (Å²) in [7, 11) is 0. The van der Waals surface area contributed by atoms with Crippen molar-refractivity contribution in [1.82, 2.24) is 26.1 Å². The van der Waals surface area contributed by atoms with Crippen LogP contribution in [-0.4, -0.2) is 64.4 Å². The van der Waals surface area contributed by atoms with Crippen LogP contribution < -0.4 is 21.7 Å². The maximum atomic E-state index is 12.6. The summed E-state index contributed by atoms with van der Waals surface area (Å²) < 4.78 is 5.02. The van der Waals surface area contributed by atoms with Crippen molar-refractivity contribution in [3.63, 3.8) is 0 Å². The van der Waals surface area contributed by atoms with Gasteiger partial charge in [-0.1, -0.05) is 41.7 Å². The summed E-state index contributed by atoms with van der Waals surface area (Å²) in [5, 5.41) is 26.5. The number of nitrogens with zero attached hydrogens (tertiary/aromatic N) is 3. The van der Waals surface area contributed by atoms with Crippen LogP contribution in [0.5, 0.6) is 0 Å². The lowest BCUT2D eigenvalue weighted by atomic mass is 10.0. The first-order chi connectivity index (χ1) is 16.4. The van der Waals surface area contributed by atoms with Crippen molar-refractivity contribution in [3.05, 3.63) is 45.9 Å². The summed E-state index contributed by atoms with van der Waals surface area (Å²) in [4.78, 5) is 40.6. The van der Waals surface area contributed by atoms with Crippen LogP contribution in [0.2, 0.25) is 0 Å². The number of carboxylic acid groups (broad SMARTS) is 1. The number of carboxylic acids is 1. The summed E-state index contributed by atoms with van der Waals surface area (Å²) in [6.07, 6.45) is 0.587. The van der Waals surface area contributed by atoms with Crippen LogP contribution in [0.15, 0.2) is 35.3 Å². The highest BCUT2D eigenvalue weighted by molar-refractivity contribution is 7.13. The zero-order valence-corrected chi connectivity index (χ0v) is 19.3. The molecule has 1 amide bonds. The Morgan fingerprint density at radius 2 is 2.00 bits per heavy atom. The van der Waals surface area contributed by atoms with Crippen LogP contribution in [0.3, 0.4) is 0 Å². The van der Waals surface area contributed by atoms with Crippen molar-refractivity contribution in [3.8, 4) is 0 Å². The van der Waals surface area contributed by atoms with Gasteiger partial charge in [0.2, 0.25) is 0 Å². The van der Waals surface area contributed by atoms with Gasteiger partial charge in [-0.05, 0) is 18.4 Å².